The van der Waals surface area contributed by atoms with E-state index in [9.17, 15) is 13.0 Å². The second kappa shape index (κ2) is 3.22. The van der Waals surface area contributed by atoms with Gasteiger partial charge in [0.2, 0.25) is 0 Å². The lowest BCUT2D eigenvalue weighted by molar-refractivity contribution is 0.464. The molecule has 0 heterocycles. The second-order valence-corrected chi connectivity index (χ2v) is 4.50. The Kier molecular flexibility index (Phi) is 2.13. The molecule has 0 aliphatic carbocycles. The van der Waals surface area contributed by atoms with Crippen molar-refractivity contribution in [3.8, 4) is 0 Å². The number of anilines is 1. The summed E-state index contributed by atoms with van der Waals surface area (Å²) in [4.78, 5) is -0.229. The van der Waals surface area contributed by atoms with Crippen LogP contribution in [0.1, 0.15) is 0 Å². The van der Waals surface area contributed by atoms with E-state index in [4.69, 9.17) is 5.73 Å². The standard InChI is InChI=1S/C10H9NO3S/c11-9-5-1-4-8-7(9)3-2-6-10(8)15(12,13)14/h1-6H,11H2,(H,12,13,14)/p-1. The van der Waals surface area contributed by atoms with Gasteiger partial charge in [0, 0.05) is 16.5 Å². The summed E-state index contributed by atoms with van der Waals surface area (Å²) in [6, 6.07) is 9.30. The first kappa shape index (κ1) is 9.95. The molecule has 0 radical (unpaired) electrons. The molecule has 4 nitrogen and oxygen atoms in total. The van der Waals surface area contributed by atoms with E-state index in [1.165, 1.54) is 12.1 Å². The van der Waals surface area contributed by atoms with Gasteiger partial charge in [0.05, 0.1) is 4.90 Å². The Morgan fingerprint density at radius 2 is 1.60 bits per heavy atom. The van der Waals surface area contributed by atoms with Crippen molar-refractivity contribution in [2.24, 2.45) is 0 Å². The molecule has 2 aromatic rings. The summed E-state index contributed by atoms with van der Waals surface area (Å²) in [7, 11) is -4.45. The van der Waals surface area contributed by atoms with Crippen LogP contribution < -0.4 is 5.73 Å². The van der Waals surface area contributed by atoms with Crippen molar-refractivity contribution < 1.29 is 13.0 Å². The third-order valence-electron chi connectivity index (χ3n) is 2.19. The van der Waals surface area contributed by atoms with Crippen molar-refractivity contribution in [3.05, 3.63) is 36.4 Å². The van der Waals surface area contributed by atoms with E-state index in [0.29, 0.717) is 16.5 Å². The Labute approximate surface area is 87.1 Å². The van der Waals surface area contributed by atoms with Crippen molar-refractivity contribution in [1.29, 1.82) is 0 Å². The maximum Gasteiger partial charge on any atom is 0.125 e. The quantitative estimate of drug-likeness (QED) is 0.582. The third kappa shape index (κ3) is 1.67. The zero-order valence-electron chi connectivity index (χ0n) is 7.67. The topological polar surface area (TPSA) is 83.2 Å². The van der Waals surface area contributed by atoms with Gasteiger partial charge in [-0.3, -0.25) is 0 Å². The van der Waals surface area contributed by atoms with Crippen molar-refractivity contribution in [3.63, 3.8) is 0 Å². The zero-order valence-corrected chi connectivity index (χ0v) is 8.49. The average molecular weight is 222 g/mol. The van der Waals surface area contributed by atoms with Crippen molar-refractivity contribution in [1.82, 2.24) is 0 Å². The highest BCUT2D eigenvalue weighted by Gasteiger charge is 2.07. The minimum absolute atomic E-state index is 0.229. The fourth-order valence-corrected chi connectivity index (χ4v) is 2.22. The van der Waals surface area contributed by atoms with E-state index in [1.807, 2.05) is 0 Å². The summed E-state index contributed by atoms with van der Waals surface area (Å²) in [5, 5.41) is 0.946. The summed E-state index contributed by atoms with van der Waals surface area (Å²) in [5.74, 6) is 0. The normalized spacial score (nSPS) is 11.8. The lowest BCUT2D eigenvalue weighted by Crippen LogP contribution is -2.00. The highest BCUT2D eigenvalue weighted by atomic mass is 32.2. The Balaban J connectivity index is 2.96. The number of fused-ring (bicyclic) bond motifs is 1. The number of hydrogen-bond acceptors (Lipinski definition) is 4. The predicted molar refractivity (Wildman–Crippen MR) is 56.3 cm³/mol. The van der Waals surface area contributed by atoms with Gasteiger partial charge in [-0.05, 0) is 12.1 Å². The fraction of sp³-hybridized carbons (Fsp3) is 0. The van der Waals surface area contributed by atoms with Crippen LogP contribution in [-0.2, 0) is 10.1 Å². The van der Waals surface area contributed by atoms with Gasteiger partial charge in [0.15, 0.2) is 0 Å². The molecule has 0 spiro atoms. The highest BCUT2D eigenvalue weighted by molar-refractivity contribution is 7.86. The van der Waals surface area contributed by atoms with E-state index in [1.54, 1.807) is 24.3 Å². The smallest absolute Gasteiger partial charge is 0.125 e. The van der Waals surface area contributed by atoms with E-state index < -0.39 is 10.1 Å². The van der Waals surface area contributed by atoms with Crippen LogP contribution in [-0.4, -0.2) is 13.0 Å². The summed E-state index contributed by atoms with van der Waals surface area (Å²) in [6.07, 6.45) is 0. The van der Waals surface area contributed by atoms with Crippen LogP contribution in [0.3, 0.4) is 0 Å². The monoisotopic (exact) mass is 222 g/mol. The Hall–Kier alpha value is -1.59. The third-order valence-corrected chi connectivity index (χ3v) is 3.08. The molecule has 2 aromatic carbocycles. The molecule has 0 amide bonds. The van der Waals surface area contributed by atoms with Crippen molar-refractivity contribution in [2.75, 3.05) is 5.73 Å². The van der Waals surface area contributed by atoms with Gasteiger partial charge in [-0.25, -0.2) is 8.42 Å². The molecule has 5 heteroatoms. The second-order valence-electron chi connectivity index (χ2n) is 3.15. The molecular formula is C10H8NO3S-. The van der Waals surface area contributed by atoms with Crippen LogP contribution in [0, 0.1) is 0 Å². The molecule has 0 saturated heterocycles. The molecule has 0 fully saturated rings. The van der Waals surface area contributed by atoms with Crippen LogP contribution in [0.25, 0.3) is 10.8 Å². The number of benzene rings is 2. The van der Waals surface area contributed by atoms with Crippen LogP contribution in [0.15, 0.2) is 41.3 Å². The molecule has 0 saturated carbocycles. The SMILES string of the molecule is Nc1cccc2c(S(=O)(=O)[O-])cccc12. The van der Waals surface area contributed by atoms with Crippen LogP contribution in [0.4, 0.5) is 5.69 Å². The van der Waals surface area contributed by atoms with Gasteiger partial charge in [-0.2, -0.15) is 0 Å². The van der Waals surface area contributed by atoms with Gasteiger partial charge in [0.25, 0.3) is 0 Å². The van der Waals surface area contributed by atoms with Gasteiger partial charge in [-0.15, -0.1) is 0 Å². The maximum atomic E-state index is 11.0. The van der Waals surface area contributed by atoms with E-state index in [-0.39, 0.29) is 4.90 Å². The number of rotatable bonds is 1. The fourth-order valence-electron chi connectivity index (χ4n) is 1.52. The minimum atomic E-state index is -4.45. The van der Waals surface area contributed by atoms with Gasteiger partial charge in [-0.1, -0.05) is 24.3 Å². The summed E-state index contributed by atoms with van der Waals surface area (Å²) >= 11 is 0. The maximum absolute atomic E-state index is 11.0. The van der Waals surface area contributed by atoms with Gasteiger partial charge >= 0.3 is 0 Å². The van der Waals surface area contributed by atoms with Crippen molar-refractivity contribution >= 4 is 26.6 Å². The van der Waals surface area contributed by atoms with Crippen LogP contribution in [0.2, 0.25) is 0 Å². The molecule has 0 unspecified atom stereocenters. The predicted octanol–water partition coefficient (Wildman–Crippen LogP) is 1.33. The first-order valence-electron chi connectivity index (χ1n) is 4.23. The largest absolute Gasteiger partial charge is 0.744 e. The molecule has 0 atom stereocenters. The van der Waals surface area contributed by atoms with Gasteiger partial charge < -0.3 is 10.3 Å². The van der Waals surface area contributed by atoms with Crippen molar-refractivity contribution in [2.45, 2.75) is 4.90 Å². The lowest BCUT2D eigenvalue weighted by atomic mass is 10.1. The summed E-state index contributed by atoms with van der Waals surface area (Å²) in [6.45, 7) is 0. The van der Waals surface area contributed by atoms with E-state index in [0.717, 1.165) is 0 Å². The average Bonchev–Trinajstić information content (AvgIpc) is 2.16. The molecule has 2 N–H and O–H groups in total. The minimum Gasteiger partial charge on any atom is -0.744 e. The molecule has 2 rings (SSSR count). The Bertz CT molecular complexity index is 620. The highest BCUT2D eigenvalue weighted by Crippen LogP contribution is 2.26. The zero-order chi connectivity index (χ0) is 11.1. The Morgan fingerprint density at radius 3 is 2.27 bits per heavy atom. The van der Waals surface area contributed by atoms with Gasteiger partial charge in [0.1, 0.15) is 10.1 Å². The summed E-state index contributed by atoms with van der Waals surface area (Å²) in [5.41, 5.74) is 6.13. The van der Waals surface area contributed by atoms with E-state index in [2.05, 4.69) is 0 Å². The lowest BCUT2D eigenvalue weighted by Gasteiger charge is -2.11. The molecule has 0 aliphatic heterocycles. The molecule has 0 bridgehead atoms. The molecule has 78 valence electrons. The van der Waals surface area contributed by atoms with Crippen LogP contribution in [0.5, 0.6) is 0 Å². The molecule has 0 aliphatic rings. The molecule has 15 heavy (non-hydrogen) atoms. The number of nitrogens with two attached hydrogens (primary N) is 1. The Morgan fingerprint density at radius 1 is 1.00 bits per heavy atom. The first-order valence-corrected chi connectivity index (χ1v) is 5.64. The summed E-state index contributed by atoms with van der Waals surface area (Å²) < 4.78 is 32.9. The van der Waals surface area contributed by atoms with Crippen LogP contribution >= 0.6 is 0 Å². The first-order chi connectivity index (χ1) is 7.00. The molecular weight excluding hydrogens is 214 g/mol. The molecule has 0 aromatic heterocycles. The van der Waals surface area contributed by atoms with E-state index >= 15 is 0 Å². The number of hydrogen-bond donors (Lipinski definition) is 1. The number of nitrogen functional groups attached to an aromatic ring is 1.